The van der Waals surface area contributed by atoms with Crippen molar-refractivity contribution in [3.05, 3.63) is 33.2 Å². The number of halogens is 1. The van der Waals surface area contributed by atoms with Crippen LogP contribution in [0.2, 0.25) is 5.15 Å². The maximum atomic E-state index is 11.3. The van der Waals surface area contributed by atoms with E-state index in [1.54, 1.807) is 13.1 Å². The first kappa shape index (κ1) is 10.3. The van der Waals surface area contributed by atoms with Crippen molar-refractivity contribution in [1.29, 1.82) is 0 Å². The highest BCUT2D eigenvalue weighted by Gasteiger charge is 2.03. The summed E-state index contributed by atoms with van der Waals surface area (Å²) in [6, 6.07) is 3.49. The molecule has 1 aromatic heterocycles. The highest BCUT2D eigenvalue weighted by atomic mass is 35.5. The summed E-state index contributed by atoms with van der Waals surface area (Å²) in [6.07, 6.45) is 0.899. The Hall–Kier alpha value is -0.760. The fourth-order valence-corrected chi connectivity index (χ4v) is 1.46. The highest BCUT2D eigenvalue weighted by molar-refractivity contribution is 6.29. The molecule has 0 aliphatic heterocycles. The zero-order valence-corrected chi connectivity index (χ0v) is 8.93. The van der Waals surface area contributed by atoms with Gasteiger partial charge in [0.2, 0.25) is 0 Å². The predicted molar refractivity (Wildman–Crippen MR) is 55.2 cm³/mol. The molecule has 0 aliphatic carbocycles. The van der Waals surface area contributed by atoms with Crippen LogP contribution in [-0.2, 0) is 13.5 Å². The van der Waals surface area contributed by atoms with Gasteiger partial charge in [-0.05, 0) is 24.0 Å². The summed E-state index contributed by atoms with van der Waals surface area (Å²) < 4.78 is 1.44. The third-order valence-corrected chi connectivity index (χ3v) is 2.27. The molecule has 1 rings (SSSR count). The molecular weight excluding hydrogens is 186 g/mol. The predicted octanol–water partition coefficient (Wildman–Crippen LogP) is 2.24. The molecule has 0 aliphatic rings. The molecule has 2 nitrogen and oxygen atoms in total. The molecule has 0 amide bonds. The van der Waals surface area contributed by atoms with Crippen molar-refractivity contribution >= 4 is 11.6 Å². The van der Waals surface area contributed by atoms with Crippen molar-refractivity contribution in [2.45, 2.75) is 20.3 Å². The van der Waals surface area contributed by atoms with Gasteiger partial charge in [0.05, 0.1) is 0 Å². The van der Waals surface area contributed by atoms with Gasteiger partial charge in [0.25, 0.3) is 5.56 Å². The van der Waals surface area contributed by atoms with Crippen LogP contribution < -0.4 is 5.56 Å². The molecule has 13 heavy (non-hydrogen) atoms. The molecule has 0 radical (unpaired) electrons. The van der Waals surface area contributed by atoms with Gasteiger partial charge in [0.15, 0.2) is 0 Å². The second-order valence-electron chi connectivity index (χ2n) is 3.68. The average molecular weight is 200 g/mol. The van der Waals surface area contributed by atoms with Crippen molar-refractivity contribution < 1.29 is 0 Å². The van der Waals surface area contributed by atoms with Crippen LogP contribution in [0, 0.1) is 5.92 Å². The number of pyridine rings is 1. The van der Waals surface area contributed by atoms with Gasteiger partial charge in [0.1, 0.15) is 5.15 Å². The highest BCUT2D eigenvalue weighted by Crippen LogP contribution is 2.11. The summed E-state index contributed by atoms with van der Waals surface area (Å²) in [5.41, 5.74) is 0.978. The Labute approximate surface area is 83.2 Å². The molecule has 0 saturated carbocycles. The van der Waals surface area contributed by atoms with Gasteiger partial charge in [-0.25, -0.2) is 0 Å². The van der Waals surface area contributed by atoms with E-state index in [-0.39, 0.29) is 5.56 Å². The van der Waals surface area contributed by atoms with Crippen molar-refractivity contribution in [1.82, 2.24) is 4.57 Å². The molecule has 72 valence electrons. The maximum absolute atomic E-state index is 11.3. The SMILES string of the molecule is CC(C)Cc1cc(Cl)n(C)c(=O)c1. The van der Waals surface area contributed by atoms with Crippen LogP contribution in [0.5, 0.6) is 0 Å². The van der Waals surface area contributed by atoms with E-state index < -0.39 is 0 Å². The zero-order valence-electron chi connectivity index (χ0n) is 8.17. The summed E-state index contributed by atoms with van der Waals surface area (Å²) in [4.78, 5) is 11.3. The molecule has 0 atom stereocenters. The molecule has 0 N–H and O–H groups in total. The molecule has 3 heteroatoms. The van der Waals surface area contributed by atoms with Crippen LogP contribution >= 0.6 is 11.6 Å². The quantitative estimate of drug-likeness (QED) is 0.670. The van der Waals surface area contributed by atoms with Gasteiger partial charge in [-0.2, -0.15) is 0 Å². The second-order valence-corrected chi connectivity index (χ2v) is 4.07. The van der Waals surface area contributed by atoms with Gasteiger partial charge in [0, 0.05) is 13.1 Å². The van der Waals surface area contributed by atoms with E-state index in [0.29, 0.717) is 11.1 Å². The Morgan fingerprint density at radius 2 is 2.08 bits per heavy atom. The maximum Gasteiger partial charge on any atom is 0.251 e. The van der Waals surface area contributed by atoms with E-state index in [9.17, 15) is 4.79 Å². The Kier molecular flexibility index (Phi) is 3.15. The van der Waals surface area contributed by atoms with Crippen molar-refractivity contribution in [3.63, 3.8) is 0 Å². The second kappa shape index (κ2) is 3.97. The van der Waals surface area contributed by atoms with Gasteiger partial charge in [-0.1, -0.05) is 25.4 Å². The van der Waals surface area contributed by atoms with Crippen molar-refractivity contribution in [2.24, 2.45) is 13.0 Å². The molecule has 0 saturated heterocycles. The van der Waals surface area contributed by atoms with Crippen molar-refractivity contribution in [2.75, 3.05) is 0 Å². The van der Waals surface area contributed by atoms with Crippen LogP contribution in [0.4, 0.5) is 0 Å². The lowest BCUT2D eigenvalue weighted by molar-refractivity contribution is 0.644. The van der Waals surface area contributed by atoms with Crippen molar-refractivity contribution in [3.8, 4) is 0 Å². The minimum atomic E-state index is -0.0387. The average Bonchev–Trinajstić information content (AvgIpc) is 1.98. The monoisotopic (exact) mass is 199 g/mol. The lowest BCUT2D eigenvalue weighted by atomic mass is 10.0. The topological polar surface area (TPSA) is 22.0 Å². The van der Waals surface area contributed by atoms with E-state index in [2.05, 4.69) is 13.8 Å². The van der Waals surface area contributed by atoms with Crippen LogP contribution in [-0.4, -0.2) is 4.57 Å². The fourth-order valence-electron chi connectivity index (χ4n) is 1.24. The first-order valence-electron chi connectivity index (χ1n) is 4.36. The van der Waals surface area contributed by atoms with Gasteiger partial charge in [-0.3, -0.25) is 4.79 Å². The standard InChI is InChI=1S/C10H14ClNO/c1-7(2)4-8-5-9(11)12(3)10(13)6-8/h5-7H,4H2,1-3H3. The zero-order chi connectivity index (χ0) is 10.0. The molecule has 0 unspecified atom stereocenters. The molecule has 0 spiro atoms. The molecule has 0 aromatic carbocycles. The van der Waals surface area contributed by atoms with Crippen LogP contribution in [0.15, 0.2) is 16.9 Å². The van der Waals surface area contributed by atoms with Gasteiger partial charge in [-0.15, -0.1) is 0 Å². The summed E-state index contributed by atoms with van der Waals surface area (Å²) in [5, 5.41) is 0.503. The van der Waals surface area contributed by atoms with E-state index in [1.165, 1.54) is 4.57 Å². The van der Waals surface area contributed by atoms with Crippen LogP contribution in [0.1, 0.15) is 19.4 Å². The number of rotatable bonds is 2. The van der Waals surface area contributed by atoms with Gasteiger partial charge < -0.3 is 4.57 Å². The number of aromatic nitrogens is 1. The summed E-state index contributed by atoms with van der Waals surface area (Å²) in [6.45, 7) is 4.23. The fraction of sp³-hybridized carbons (Fsp3) is 0.500. The smallest absolute Gasteiger partial charge is 0.251 e. The normalized spacial score (nSPS) is 10.8. The third kappa shape index (κ3) is 2.59. The molecule has 1 aromatic rings. The minimum Gasteiger partial charge on any atom is -0.302 e. The Morgan fingerprint density at radius 3 is 2.54 bits per heavy atom. The summed E-state index contributed by atoms with van der Waals surface area (Å²) >= 11 is 5.87. The Balaban J connectivity index is 3.06. The number of nitrogens with zero attached hydrogens (tertiary/aromatic N) is 1. The first-order valence-corrected chi connectivity index (χ1v) is 4.74. The van der Waals surface area contributed by atoms with E-state index in [4.69, 9.17) is 11.6 Å². The van der Waals surface area contributed by atoms with Crippen LogP contribution in [0.3, 0.4) is 0 Å². The van der Waals surface area contributed by atoms with E-state index in [0.717, 1.165) is 12.0 Å². The number of hydrogen-bond acceptors (Lipinski definition) is 1. The summed E-state index contributed by atoms with van der Waals surface area (Å²) in [7, 11) is 1.67. The lowest BCUT2D eigenvalue weighted by Crippen LogP contribution is -2.17. The summed E-state index contributed by atoms with van der Waals surface area (Å²) in [5.74, 6) is 0.545. The first-order chi connectivity index (χ1) is 6.00. The molecule has 0 fully saturated rings. The molecule has 0 bridgehead atoms. The van der Waals surface area contributed by atoms with Crippen LogP contribution in [0.25, 0.3) is 0 Å². The van der Waals surface area contributed by atoms with E-state index in [1.807, 2.05) is 6.07 Å². The lowest BCUT2D eigenvalue weighted by Gasteiger charge is -2.07. The third-order valence-electron chi connectivity index (χ3n) is 1.91. The molecule has 1 heterocycles. The Morgan fingerprint density at radius 1 is 1.46 bits per heavy atom. The van der Waals surface area contributed by atoms with E-state index >= 15 is 0 Å². The minimum absolute atomic E-state index is 0.0387. The van der Waals surface area contributed by atoms with Gasteiger partial charge >= 0.3 is 0 Å². The largest absolute Gasteiger partial charge is 0.302 e. The molecular formula is C10H14ClNO. The number of hydrogen-bond donors (Lipinski definition) is 0. The Bertz CT molecular complexity index is 354.